The Morgan fingerprint density at radius 2 is 1.76 bits per heavy atom. The van der Waals surface area contributed by atoms with E-state index >= 15 is 0 Å². The maximum Gasteiger partial charge on any atom is 0.334 e. The van der Waals surface area contributed by atoms with Crippen LogP contribution in [-0.4, -0.2) is 58.1 Å². The van der Waals surface area contributed by atoms with Crippen LogP contribution in [0.4, 0.5) is 4.79 Å². The maximum atomic E-state index is 12.3. The second-order valence-electron chi connectivity index (χ2n) is 5.94. The Morgan fingerprint density at radius 1 is 1.12 bits per heavy atom. The van der Waals surface area contributed by atoms with Crippen LogP contribution in [0, 0.1) is 0 Å². The van der Waals surface area contributed by atoms with E-state index in [2.05, 4.69) is 0 Å². The van der Waals surface area contributed by atoms with Gasteiger partial charge in [-0.3, -0.25) is 19.3 Å². The first-order chi connectivity index (χ1) is 11.6. The van der Waals surface area contributed by atoms with Gasteiger partial charge in [-0.05, 0) is 31.5 Å². The summed E-state index contributed by atoms with van der Waals surface area (Å²) in [7, 11) is 1.53. The van der Waals surface area contributed by atoms with Crippen LogP contribution < -0.4 is 0 Å². The van der Waals surface area contributed by atoms with E-state index in [4.69, 9.17) is 23.2 Å². The van der Waals surface area contributed by atoms with E-state index in [0.717, 1.165) is 10.5 Å². The molecule has 0 atom stereocenters. The van der Waals surface area contributed by atoms with Crippen molar-refractivity contribution < 1.29 is 19.2 Å². The van der Waals surface area contributed by atoms with Crippen molar-refractivity contribution in [3.8, 4) is 0 Å². The third-order valence-electron chi connectivity index (χ3n) is 3.72. The van der Waals surface area contributed by atoms with Gasteiger partial charge in [-0.1, -0.05) is 29.3 Å². The number of hydrogen-bond donors (Lipinski definition) is 0. The van der Waals surface area contributed by atoms with Gasteiger partial charge >= 0.3 is 17.8 Å². The van der Waals surface area contributed by atoms with Gasteiger partial charge in [0.2, 0.25) is 5.91 Å². The number of likely N-dealkylation sites (N-methyl/N-ethyl adjacent to an activating group) is 1. The Kier molecular flexibility index (Phi) is 5.69. The molecule has 1 heterocycles. The van der Waals surface area contributed by atoms with Gasteiger partial charge in [0, 0.05) is 19.6 Å². The minimum absolute atomic E-state index is 0.216. The maximum absolute atomic E-state index is 12.3. The fourth-order valence-corrected chi connectivity index (χ4v) is 2.69. The number of halogens is 2. The number of carbonyl (C=O) groups excluding carboxylic acids is 4. The fourth-order valence-electron chi connectivity index (χ4n) is 2.37. The number of carbonyl (C=O) groups is 4. The van der Waals surface area contributed by atoms with Crippen molar-refractivity contribution in [2.24, 2.45) is 0 Å². The minimum Gasteiger partial charge on any atom is -0.340 e. The average Bonchev–Trinajstić information content (AvgIpc) is 2.74. The summed E-state index contributed by atoms with van der Waals surface area (Å²) in [4.78, 5) is 51.1. The molecule has 0 saturated carbocycles. The molecule has 5 amide bonds. The normalized spacial score (nSPS) is 14.7. The third kappa shape index (κ3) is 3.93. The lowest BCUT2D eigenvalue weighted by atomic mass is 10.2. The molecule has 1 fully saturated rings. The second-order valence-corrected chi connectivity index (χ2v) is 6.76. The van der Waals surface area contributed by atoms with Gasteiger partial charge in [0.25, 0.3) is 0 Å². The summed E-state index contributed by atoms with van der Waals surface area (Å²) in [5.41, 5.74) is 0.740. The van der Waals surface area contributed by atoms with Gasteiger partial charge < -0.3 is 4.90 Å². The summed E-state index contributed by atoms with van der Waals surface area (Å²) in [5, 5.41) is 0.767. The van der Waals surface area contributed by atoms with E-state index in [0.29, 0.717) is 14.9 Å². The summed E-state index contributed by atoms with van der Waals surface area (Å²) in [5.74, 6) is -2.39. The molecule has 0 aliphatic carbocycles. The summed E-state index contributed by atoms with van der Waals surface area (Å²) in [6, 6.07) is 3.72. The Morgan fingerprint density at radius 3 is 2.28 bits per heavy atom. The lowest BCUT2D eigenvalue weighted by molar-refractivity contribution is -0.145. The van der Waals surface area contributed by atoms with Gasteiger partial charge in [-0.2, -0.15) is 0 Å². The molecule has 1 aliphatic rings. The Balaban J connectivity index is 2.05. The second kappa shape index (κ2) is 7.41. The number of amides is 5. The van der Waals surface area contributed by atoms with Gasteiger partial charge in [0.15, 0.2) is 0 Å². The van der Waals surface area contributed by atoms with Gasteiger partial charge in [-0.15, -0.1) is 0 Å². The molecule has 1 aliphatic heterocycles. The largest absolute Gasteiger partial charge is 0.340 e. The van der Waals surface area contributed by atoms with Crippen molar-refractivity contribution in [2.75, 3.05) is 13.6 Å². The number of imide groups is 2. The molecular formula is C16H17Cl2N3O4. The highest BCUT2D eigenvalue weighted by Crippen LogP contribution is 2.23. The van der Waals surface area contributed by atoms with Crippen LogP contribution in [-0.2, 0) is 20.9 Å². The predicted molar refractivity (Wildman–Crippen MR) is 92.0 cm³/mol. The lowest BCUT2D eigenvalue weighted by Crippen LogP contribution is -2.42. The molecule has 1 saturated heterocycles. The van der Waals surface area contributed by atoms with E-state index in [9.17, 15) is 19.2 Å². The van der Waals surface area contributed by atoms with Crippen LogP contribution >= 0.6 is 23.2 Å². The standard InChI is InChI=1S/C16H17Cl2N3O4/c1-9(2)21-15(24)14(23)20(16(21)25)8-13(22)19(3)7-10-4-5-11(17)12(18)6-10/h4-6,9H,7-8H2,1-3H3. The van der Waals surface area contributed by atoms with Crippen LogP contribution in [0.1, 0.15) is 19.4 Å². The van der Waals surface area contributed by atoms with Crippen LogP contribution in [0.15, 0.2) is 18.2 Å². The van der Waals surface area contributed by atoms with Gasteiger partial charge in [-0.25, -0.2) is 9.69 Å². The molecule has 0 unspecified atom stereocenters. The third-order valence-corrected chi connectivity index (χ3v) is 4.46. The van der Waals surface area contributed by atoms with Crippen molar-refractivity contribution in [2.45, 2.75) is 26.4 Å². The molecule has 0 bridgehead atoms. The molecule has 0 radical (unpaired) electrons. The molecule has 1 aromatic carbocycles. The highest BCUT2D eigenvalue weighted by atomic mass is 35.5. The molecule has 2 rings (SSSR count). The average molecular weight is 386 g/mol. The first kappa shape index (κ1) is 19.2. The van der Waals surface area contributed by atoms with E-state index in [1.54, 1.807) is 32.0 Å². The van der Waals surface area contributed by atoms with Crippen molar-refractivity contribution in [1.82, 2.24) is 14.7 Å². The van der Waals surface area contributed by atoms with Crippen LogP contribution in [0.25, 0.3) is 0 Å². The van der Waals surface area contributed by atoms with Crippen molar-refractivity contribution >= 4 is 47.0 Å². The number of rotatable bonds is 5. The van der Waals surface area contributed by atoms with E-state index in [1.165, 1.54) is 11.9 Å². The molecular weight excluding hydrogens is 369 g/mol. The lowest BCUT2D eigenvalue weighted by Gasteiger charge is -2.21. The molecule has 1 aromatic rings. The van der Waals surface area contributed by atoms with Crippen LogP contribution in [0.3, 0.4) is 0 Å². The smallest absolute Gasteiger partial charge is 0.334 e. The van der Waals surface area contributed by atoms with Crippen LogP contribution in [0.5, 0.6) is 0 Å². The summed E-state index contributed by atoms with van der Waals surface area (Å²) in [6.45, 7) is 2.95. The molecule has 0 N–H and O–H groups in total. The topological polar surface area (TPSA) is 78.0 Å². The highest BCUT2D eigenvalue weighted by molar-refractivity contribution is 6.45. The number of urea groups is 1. The number of benzene rings is 1. The van der Waals surface area contributed by atoms with Crippen molar-refractivity contribution in [3.05, 3.63) is 33.8 Å². The molecule has 25 heavy (non-hydrogen) atoms. The zero-order valence-electron chi connectivity index (χ0n) is 14.0. The number of hydrogen-bond acceptors (Lipinski definition) is 4. The molecule has 0 aromatic heterocycles. The van der Waals surface area contributed by atoms with E-state index < -0.39 is 36.3 Å². The Hall–Kier alpha value is -2.12. The summed E-state index contributed by atoms with van der Waals surface area (Å²) >= 11 is 11.8. The quantitative estimate of drug-likeness (QED) is 0.574. The molecule has 134 valence electrons. The molecule has 0 spiro atoms. The zero-order chi connectivity index (χ0) is 18.9. The Bertz CT molecular complexity index is 751. The number of nitrogens with zero attached hydrogens (tertiary/aromatic N) is 3. The first-order valence-corrected chi connectivity index (χ1v) is 8.26. The van der Waals surface area contributed by atoms with Crippen LogP contribution in [0.2, 0.25) is 10.0 Å². The first-order valence-electron chi connectivity index (χ1n) is 7.50. The predicted octanol–water partition coefficient (Wildman–Crippen LogP) is 2.15. The van der Waals surface area contributed by atoms with Crippen molar-refractivity contribution in [3.63, 3.8) is 0 Å². The van der Waals surface area contributed by atoms with E-state index in [1.807, 2.05) is 0 Å². The summed E-state index contributed by atoms with van der Waals surface area (Å²) < 4.78 is 0. The van der Waals surface area contributed by atoms with Gasteiger partial charge in [0.1, 0.15) is 6.54 Å². The summed E-state index contributed by atoms with van der Waals surface area (Å²) in [6.07, 6.45) is 0. The SMILES string of the molecule is CC(C)N1C(=O)C(=O)N(CC(=O)N(C)Cc2ccc(Cl)c(Cl)c2)C1=O. The zero-order valence-corrected chi connectivity index (χ0v) is 15.5. The molecule has 7 nitrogen and oxygen atoms in total. The highest BCUT2D eigenvalue weighted by Gasteiger charge is 2.46. The Labute approximate surface area is 155 Å². The fraction of sp³-hybridized carbons (Fsp3) is 0.375. The van der Waals surface area contributed by atoms with Gasteiger partial charge in [0.05, 0.1) is 10.0 Å². The minimum atomic E-state index is -0.991. The molecule has 9 heteroatoms. The monoisotopic (exact) mass is 385 g/mol. The van der Waals surface area contributed by atoms with E-state index in [-0.39, 0.29) is 6.54 Å². The van der Waals surface area contributed by atoms with Crippen molar-refractivity contribution in [1.29, 1.82) is 0 Å².